The van der Waals surface area contributed by atoms with Crippen molar-refractivity contribution in [1.82, 2.24) is 9.80 Å². The highest BCUT2D eigenvalue weighted by molar-refractivity contribution is 5.75. The Kier molecular flexibility index (Phi) is 5.65. The third-order valence-corrected chi connectivity index (χ3v) is 3.33. The van der Waals surface area contributed by atoms with Gasteiger partial charge >= 0.3 is 6.03 Å². The molecule has 0 heterocycles. The number of urea groups is 1. The molecular weight excluding hydrogens is 190 g/mol. The number of hydrogen-bond donors (Lipinski definition) is 1. The Balaban J connectivity index is 4.68. The summed E-state index contributed by atoms with van der Waals surface area (Å²) in [5, 5.41) is 0. The van der Waals surface area contributed by atoms with E-state index < -0.39 is 0 Å². The molecule has 4 nitrogen and oxygen atoms in total. The van der Waals surface area contributed by atoms with Gasteiger partial charge in [0.2, 0.25) is 0 Å². The van der Waals surface area contributed by atoms with Gasteiger partial charge in [-0.25, -0.2) is 4.79 Å². The van der Waals surface area contributed by atoms with E-state index in [1.807, 2.05) is 32.7 Å². The molecule has 0 aromatic heterocycles. The molecule has 0 spiro atoms. The van der Waals surface area contributed by atoms with Crippen molar-refractivity contribution in [2.45, 2.75) is 39.7 Å². The van der Waals surface area contributed by atoms with Gasteiger partial charge in [-0.1, -0.05) is 6.92 Å². The van der Waals surface area contributed by atoms with E-state index in [1.54, 1.807) is 4.90 Å². The van der Waals surface area contributed by atoms with Crippen molar-refractivity contribution in [3.8, 4) is 0 Å². The highest BCUT2D eigenvalue weighted by Crippen LogP contribution is 2.17. The first-order valence-corrected chi connectivity index (χ1v) is 5.69. The molecule has 0 rings (SSSR count). The van der Waals surface area contributed by atoms with Crippen molar-refractivity contribution in [2.75, 3.05) is 26.7 Å². The van der Waals surface area contributed by atoms with Crippen LogP contribution in [0.3, 0.4) is 0 Å². The average molecular weight is 215 g/mol. The molecule has 2 N–H and O–H groups in total. The predicted octanol–water partition coefficient (Wildman–Crippen LogP) is 1.51. The van der Waals surface area contributed by atoms with Gasteiger partial charge in [-0.05, 0) is 27.2 Å². The van der Waals surface area contributed by atoms with Gasteiger partial charge < -0.3 is 15.5 Å². The summed E-state index contributed by atoms with van der Waals surface area (Å²) in [6.45, 7) is 10.0. The molecule has 4 heteroatoms. The maximum absolute atomic E-state index is 12.1. The third-order valence-electron chi connectivity index (χ3n) is 3.33. The van der Waals surface area contributed by atoms with Crippen LogP contribution in [0.25, 0.3) is 0 Å². The van der Waals surface area contributed by atoms with E-state index in [-0.39, 0.29) is 11.6 Å². The normalized spacial score (nSPS) is 14.5. The number of nitrogens with zero attached hydrogens (tertiary/aromatic N) is 2. The number of carbonyl (C=O) groups is 1. The van der Waals surface area contributed by atoms with Crippen molar-refractivity contribution in [1.29, 1.82) is 0 Å². The number of rotatable bonds is 5. The van der Waals surface area contributed by atoms with Gasteiger partial charge in [-0.15, -0.1) is 0 Å². The fourth-order valence-corrected chi connectivity index (χ4v) is 1.46. The maximum atomic E-state index is 12.1. The average Bonchev–Trinajstić information content (AvgIpc) is 2.28. The van der Waals surface area contributed by atoms with Crippen LogP contribution < -0.4 is 5.73 Å². The zero-order valence-corrected chi connectivity index (χ0v) is 10.7. The van der Waals surface area contributed by atoms with Gasteiger partial charge in [0.25, 0.3) is 0 Å². The molecular formula is C11H25N3O. The Morgan fingerprint density at radius 3 is 2.00 bits per heavy atom. The smallest absolute Gasteiger partial charge is 0.320 e. The Morgan fingerprint density at radius 1 is 1.27 bits per heavy atom. The minimum atomic E-state index is -0.236. The van der Waals surface area contributed by atoms with Crippen LogP contribution in [0, 0.1) is 0 Å². The Bertz CT molecular complexity index is 198. The van der Waals surface area contributed by atoms with Crippen LogP contribution in [-0.2, 0) is 0 Å². The molecule has 0 aliphatic heterocycles. The van der Waals surface area contributed by atoms with Gasteiger partial charge in [-0.3, -0.25) is 0 Å². The molecule has 0 saturated carbocycles. The third kappa shape index (κ3) is 3.09. The molecule has 0 fully saturated rings. The van der Waals surface area contributed by atoms with Crippen molar-refractivity contribution in [3.63, 3.8) is 0 Å². The summed E-state index contributed by atoms with van der Waals surface area (Å²) in [6.07, 6.45) is 0.868. The molecule has 90 valence electrons. The minimum absolute atomic E-state index is 0.0646. The van der Waals surface area contributed by atoms with E-state index in [2.05, 4.69) is 6.92 Å². The summed E-state index contributed by atoms with van der Waals surface area (Å²) in [5.74, 6) is 0. The van der Waals surface area contributed by atoms with Crippen molar-refractivity contribution in [2.24, 2.45) is 5.73 Å². The minimum Gasteiger partial charge on any atom is -0.328 e. The summed E-state index contributed by atoms with van der Waals surface area (Å²) in [6, 6.07) is 0.0646. The van der Waals surface area contributed by atoms with Gasteiger partial charge in [0.1, 0.15) is 0 Å². The molecule has 0 saturated heterocycles. The van der Waals surface area contributed by atoms with Crippen molar-refractivity contribution in [3.05, 3.63) is 0 Å². The quantitative estimate of drug-likeness (QED) is 0.755. The Labute approximate surface area is 93.4 Å². The van der Waals surface area contributed by atoms with Crippen LogP contribution in [0.15, 0.2) is 0 Å². The van der Waals surface area contributed by atoms with E-state index in [0.717, 1.165) is 19.5 Å². The first-order valence-electron chi connectivity index (χ1n) is 5.69. The summed E-state index contributed by atoms with van der Waals surface area (Å²) >= 11 is 0. The van der Waals surface area contributed by atoms with Gasteiger partial charge in [0.05, 0.1) is 5.54 Å². The summed E-state index contributed by atoms with van der Waals surface area (Å²) < 4.78 is 0. The molecule has 1 unspecified atom stereocenters. The van der Waals surface area contributed by atoms with Crippen LogP contribution in [-0.4, -0.2) is 48.1 Å². The number of amides is 2. The lowest BCUT2D eigenvalue weighted by molar-refractivity contribution is 0.115. The molecule has 1 atom stereocenters. The molecule has 0 aromatic carbocycles. The lowest BCUT2D eigenvalue weighted by Gasteiger charge is -2.39. The second-order valence-electron chi connectivity index (χ2n) is 4.07. The summed E-state index contributed by atoms with van der Waals surface area (Å²) in [7, 11) is 1.83. The second kappa shape index (κ2) is 5.95. The number of carbonyl (C=O) groups excluding carboxylic acids is 1. The highest BCUT2D eigenvalue weighted by Gasteiger charge is 2.31. The first kappa shape index (κ1) is 14.2. The lowest BCUT2D eigenvalue weighted by Crippen LogP contribution is -2.55. The van der Waals surface area contributed by atoms with Gasteiger partial charge in [0.15, 0.2) is 0 Å². The summed E-state index contributed by atoms with van der Waals surface area (Å²) in [5.41, 5.74) is 5.49. The number of likely N-dealkylation sites (N-methyl/N-ethyl adjacent to an activating group) is 1. The van der Waals surface area contributed by atoms with E-state index in [1.165, 1.54) is 0 Å². The monoisotopic (exact) mass is 215 g/mol. The molecule has 0 aliphatic carbocycles. The first-order chi connectivity index (χ1) is 6.96. The van der Waals surface area contributed by atoms with E-state index in [9.17, 15) is 4.79 Å². The number of hydrogen-bond acceptors (Lipinski definition) is 2. The van der Waals surface area contributed by atoms with E-state index in [4.69, 9.17) is 5.73 Å². The molecule has 0 bridgehead atoms. The van der Waals surface area contributed by atoms with Gasteiger partial charge in [0, 0.05) is 26.7 Å². The molecule has 0 aromatic rings. The molecule has 15 heavy (non-hydrogen) atoms. The zero-order valence-electron chi connectivity index (χ0n) is 10.7. The number of nitrogens with two attached hydrogens (primary N) is 1. The SMILES string of the molecule is CCN(CC)C(=O)N(C)C(C)(CC)CN. The van der Waals surface area contributed by atoms with Crippen LogP contribution in [0.1, 0.15) is 34.1 Å². The fourth-order valence-electron chi connectivity index (χ4n) is 1.46. The predicted molar refractivity (Wildman–Crippen MR) is 63.8 cm³/mol. The van der Waals surface area contributed by atoms with Crippen LogP contribution in [0.2, 0.25) is 0 Å². The zero-order chi connectivity index (χ0) is 12.1. The topological polar surface area (TPSA) is 49.6 Å². The molecule has 0 radical (unpaired) electrons. The summed E-state index contributed by atoms with van der Waals surface area (Å²) in [4.78, 5) is 15.6. The maximum Gasteiger partial charge on any atom is 0.320 e. The van der Waals surface area contributed by atoms with E-state index >= 15 is 0 Å². The van der Waals surface area contributed by atoms with Crippen molar-refractivity contribution < 1.29 is 4.79 Å². The second-order valence-corrected chi connectivity index (χ2v) is 4.07. The van der Waals surface area contributed by atoms with E-state index in [0.29, 0.717) is 6.54 Å². The lowest BCUT2D eigenvalue weighted by atomic mass is 9.97. The van der Waals surface area contributed by atoms with Crippen LogP contribution in [0.4, 0.5) is 4.79 Å². The Hall–Kier alpha value is -0.770. The van der Waals surface area contributed by atoms with Crippen LogP contribution in [0.5, 0.6) is 0 Å². The molecule has 0 aliphatic rings. The fraction of sp³-hybridized carbons (Fsp3) is 0.909. The van der Waals surface area contributed by atoms with Crippen molar-refractivity contribution >= 4 is 6.03 Å². The van der Waals surface area contributed by atoms with Crippen LogP contribution >= 0.6 is 0 Å². The highest BCUT2D eigenvalue weighted by atomic mass is 16.2. The Morgan fingerprint density at radius 2 is 1.73 bits per heavy atom. The largest absolute Gasteiger partial charge is 0.328 e. The van der Waals surface area contributed by atoms with Gasteiger partial charge in [-0.2, -0.15) is 0 Å². The standard InChI is InChI=1S/C11H25N3O/c1-6-11(4,9-12)13(5)10(15)14(7-2)8-3/h6-9,12H2,1-5H3. The molecule has 2 amide bonds.